The molecule has 1 atom stereocenters. The first-order chi connectivity index (χ1) is 9.88. The highest BCUT2D eigenvalue weighted by Crippen LogP contribution is 2.31. The Morgan fingerprint density at radius 2 is 1.81 bits per heavy atom. The number of nitrogens with one attached hydrogen (secondary N) is 1. The van der Waals surface area contributed by atoms with E-state index < -0.39 is 17.8 Å². The van der Waals surface area contributed by atoms with Crippen LogP contribution in [0, 0.1) is 0 Å². The SMILES string of the molecule is OC(CNc1cccc(C(F)(F)F)c1)c1ccccc1Cl. The van der Waals surface area contributed by atoms with Gasteiger partial charge in [-0.15, -0.1) is 0 Å². The molecule has 0 fully saturated rings. The quantitative estimate of drug-likeness (QED) is 0.870. The van der Waals surface area contributed by atoms with Gasteiger partial charge >= 0.3 is 6.18 Å². The zero-order valence-corrected chi connectivity index (χ0v) is 11.6. The predicted molar refractivity (Wildman–Crippen MR) is 76.3 cm³/mol. The van der Waals surface area contributed by atoms with Crippen LogP contribution in [0.1, 0.15) is 17.2 Å². The first-order valence-electron chi connectivity index (χ1n) is 6.21. The Labute approximate surface area is 125 Å². The molecular weight excluding hydrogens is 303 g/mol. The van der Waals surface area contributed by atoms with Gasteiger partial charge in [0.25, 0.3) is 0 Å². The van der Waals surface area contributed by atoms with Crippen molar-refractivity contribution in [2.75, 3.05) is 11.9 Å². The summed E-state index contributed by atoms with van der Waals surface area (Å²) < 4.78 is 37.8. The van der Waals surface area contributed by atoms with Crippen LogP contribution < -0.4 is 5.32 Å². The highest BCUT2D eigenvalue weighted by Gasteiger charge is 2.30. The summed E-state index contributed by atoms with van der Waals surface area (Å²) >= 11 is 5.95. The van der Waals surface area contributed by atoms with Gasteiger partial charge in [-0.3, -0.25) is 0 Å². The molecule has 0 spiro atoms. The number of hydrogen-bond acceptors (Lipinski definition) is 2. The van der Waals surface area contributed by atoms with Crippen LogP contribution in [0.5, 0.6) is 0 Å². The summed E-state index contributed by atoms with van der Waals surface area (Å²) in [6, 6.07) is 11.6. The molecule has 0 aromatic heterocycles. The Balaban J connectivity index is 2.05. The Kier molecular flexibility index (Phi) is 4.75. The van der Waals surface area contributed by atoms with Gasteiger partial charge in [0.1, 0.15) is 0 Å². The predicted octanol–water partition coefficient (Wildman–Crippen LogP) is 4.50. The van der Waals surface area contributed by atoms with E-state index in [0.29, 0.717) is 10.6 Å². The van der Waals surface area contributed by atoms with Crippen molar-refractivity contribution in [2.45, 2.75) is 12.3 Å². The third-order valence-corrected chi connectivity index (χ3v) is 3.30. The summed E-state index contributed by atoms with van der Waals surface area (Å²) in [7, 11) is 0. The van der Waals surface area contributed by atoms with Gasteiger partial charge in [0.2, 0.25) is 0 Å². The molecule has 0 aliphatic rings. The van der Waals surface area contributed by atoms with Gasteiger partial charge in [0.15, 0.2) is 0 Å². The lowest BCUT2D eigenvalue weighted by molar-refractivity contribution is -0.137. The zero-order chi connectivity index (χ0) is 15.5. The fourth-order valence-electron chi connectivity index (χ4n) is 1.88. The zero-order valence-electron chi connectivity index (χ0n) is 10.9. The highest BCUT2D eigenvalue weighted by atomic mass is 35.5. The maximum atomic E-state index is 12.6. The molecule has 0 aliphatic carbocycles. The van der Waals surface area contributed by atoms with Gasteiger partial charge in [-0.1, -0.05) is 35.9 Å². The summed E-state index contributed by atoms with van der Waals surface area (Å²) in [6.07, 6.45) is -5.30. The molecule has 112 valence electrons. The van der Waals surface area contributed by atoms with Crippen molar-refractivity contribution in [3.05, 3.63) is 64.7 Å². The molecule has 1 unspecified atom stereocenters. The van der Waals surface area contributed by atoms with Crippen LogP contribution in [0.15, 0.2) is 48.5 Å². The topological polar surface area (TPSA) is 32.3 Å². The number of hydrogen-bond donors (Lipinski definition) is 2. The van der Waals surface area contributed by atoms with E-state index in [1.54, 1.807) is 24.3 Å². The summed E-state index contributed by atoms with van der Waals surface area (Å²) in [5, 5.41) is 13.2. The number of aliphatic hydroxyl groups is 1. The van der Waals surface area contributed by atoms with Gasteiger partial charge < -0.3 is 10.4 Å². The Morgan fingerprint density at radius 3 is 2.48 bits per heavy atom. The molecule has 6 heteroatoms. The van der Waals surface area contributed by atoms with Crippen LogP contribution in [-0.4, -0.2) is 11.7 Å². The lowest BCUT2D eigenvalue weighted by Gasteiger charge is -2.15. The number of halogens is 4. The molecule has 0 saturated heterocycles. The average Bonchev–Trinajstić information content (AvgIpc) is 2.45. The first-order valence-corrected chi connectivity index (χ1v) is 6.59. The van der Waals surface area contributed by atoms with E-state index in [4.69, 9.17) is 11.6 Å². The van der Waals surface area contributed by atoms with E-state index >= 15 is 0 Å². The minimum atomic E-state index is -4.39. The second kappa shape index (κ2) is 6.37. The molecule has 0 saturated carbocycles. The van der Waals surface area contributed by atoms with Gasteiger partial charge in [-0.25, -0.2) is 0 Å². The number of benzene rings is 2. The standard InChI is InChI=1S/C15H13ClF3NO/c16-13-7-2-1-6-12(13)14(21)9-20-11-5-3-4-10(8-11)15(17,18)19/h1-8,14,20-21H,9H2. The maximum absolute atomic E-state index is 12.6. The average molecular weight is 316 g/mol. The highest BCUT2D eigenvalue weighted by molar-refractivity contribution is 6.31. The fourth-order valence-corrected chi connectivity index (χ4v) is 2.14. The van der Waals surface area contributed by atoms with Crippen LogP contribution in [0.25, 0.3) is 0 Å². The van der Waals surface area contributed by atoms with Gasteiger partial charge in [-0.05, 0) is 24.3 Å². The van der Waals surface area contributed by atoms with E-state index in [2.05, 4.69) is 5.32 Å². The third-order valence-electron chi connectivity index (χ3n) is 2.95. The normalized spacial score (nSPS) is 13.0. The Morgan fingerprint density at radius 1 is 1.10 bits per heavy atom. The van der Waals surface area contributed by atoms with Crippen LogP contribution in [0.4, 0.5) is 18.9 Å². The molecule has 0 heterocycles. The molecule has 2 aromatic rings. The molecule has 2 rings (SSSR count). The molecule has 2 N–H and O–H groups in total. The van der Waals surface area contributed by atoms with Crippen molar-refractivity contribution in [1.82, 2.24) is 0 Å². The Bertz CT molecular complexity index is 616. The first kappa shape index (κ1) is 15.7. The van der Waals surface area contributed by atoms with Crippen molar-refractivity contribution in [1.29, 1.82) is 0 Å². The van der Waals surface area contributed by atoms with E-state index in [9.17, 15) is 18.3 Å². The second-order valence-corrected chi connectivity index (χ2v) is 4.90. The molecule has 0 radical (unpaired) electrons. The summed E-state index contributed by atoms with van der Waals surface area (Å²) in [6.45, 7) is 0.0606. The molecule has 2 nitrogen and oxygen atoms in total. The summed E-state index contributed by atoms with van der Waals surface area (Å²) in [5.41, 5.74) is 0.0781. The van der Waals surface area contributed by atoms with Gasteiger partial charge in [0, 0.05) is 22.8 Å². The van der Waals surface area contributed by atoms with Crippen LogP contribution in [-0.2, 0) is 6.18 Å². The van der Waals surface area contributed by atoms with Crippen LogP contribution >= 0.6 is 11.6 Å². The van der Waals surface area contributed by atoms with Gasteiger partial charge in [-0.2, -0.15) is 13.2 Å². The summed E-state index contributed by atoms with van der Waals surface area (Å²) in [5.74, 6) is 0. The van der Waals surface area contributed by atoms with Gasteiger partial charge in [0.05, 0.1) is 11.7 Å². The Hall–Kier alpha value is -1.72. The third kappa shape index (κ3) is 4.12. The lowest BCUT2D eigenvalue weighted by Crippen LogP contribution is -2.13. The molecular formula is C15H13ClF3NO. The largest absolute Gasteiger partial charge is 0.416 e. The van der Waals surface area contributed by atoms with Crippen LogP contribution in [0.3, 0.4) is 0 Å². The molecule has 0 aliphatic heterocycles. The van der Waals surface area contributed by atoms with Crippen molar-refractivity contribution in [3.63, 3.8) is 0 Å². The maximum Gasteiger partial charge on any atom is 0.416 e. The number of alkyl halides is 3. The molecule has 0 bridgehead atoms. The molecule has 2 aromatic carbocycles. The molecule has 21 heavy (non-hydrogen) atoms. The minimum absolute atomic E-state index is 0.0606. The minimum Gasteiger partial charge on any atom is -0.387 e. The van der Waals surface area contributed by atoms with E-state index in [1.165, 1.54) is 12.1 Å². The number of rotatable bonds is 4. The van der Waals surface area contributed by atoms with E-state index in [0.717, 1.165) is 12.1 Å². The number of aliphatic hydroxyl groups excluding tert-OH is 1. The smallest absolute Gasteiger partial charge is 0.387 e. The lowest BCUT2D eigenvalue weighted by atomic mass is 10.1. The van der Waals surface area contributed by atoms with Crippen molar-refractivity contribution in [3.8, 4) is 0 Å². The molecule has 0 amide bonds. The second-order valence-electron chi connectivity index (χ2n) is 4.50. The van der Waals surface area contributed by atoms with E-state index in [-0.39, 0.29) is 12.2 Å². The van der Waals surface area contributed by atoms with E-state index in [1.807, 2.05) is 0 Å². The van der Waals surface area contributed by atoms with Crippen molar-refractivity contribution < 1.29 is 18.3 Å². The monoisotopic (exact) mass is 315 g/mol. The number of anilines is 1. The fraction of sp³-hybridized carbons (Fsp3) is 0.200. The van der Waals surface area contributed by atoms with Crippen molar-refractivity contribution in [2.24, 2.45) is 0 Å². The van der Waals surface area contributed by atoms with Crippen molar-refractivity contribution >= 4 is 17.3 Å². The summed E-state index contributed by atoms with van der Waals surface area (Å²) in [4.78, 5) is 0. The van der Waals surface area contributed by atoms with Crippen LogP contribution in [0.2, 0.25) is 5.02 Å².